The Bertz CT molecular complexity index is 1150. The molecule has 4 aromatic rings. The van der Waals surface area contributed by atoms with Gasteiger partial charge >= 0.3 is 0 Å². The smallest absolute Gasteiger partial charge is 0.271 e. The molecule has 4 heterocycles. The fourth-order valence-electron chi connectivity index (χ4n) is 3.48. The molecule has 0 aliphatic carbocycles. The SMILES string of the molecule is O=C(NCCc1c[nH]cn1)c1cc2n(n1)CCc1cnc(-c3ccccc3)nc1-2. The van der Waals surface area contributed by atoms with Crippen molar-refractivity contribution in [3.63, 3.8) is 0 Å². The third kappa shape index (κ3) is 3.40. The first-order valence-electron chi connectivity index (χ1n) is 9.53. The van der Waals surface area contributed by atoms with Gasteiger partial charge in [0.2, 0.25) is 0 Å². The van der Waals surface area contributed by atoms with Crippen LogP contribution in [-0.2, 0) is 19.4 Å². The van der Waals surface area contributed by atoms with E-state index in [0.717, 1.165) is 34.6 Å². The number of hydrogen-bond donors (Lipinski definition) is 2. The Kier molecular flexibility index (Phi) is 4.36. The molecule has 1 aliphatic heterocycles. The van der Waals surface area contributed by atoms with Crippen LogP contribution in [0.2, 0.25) is 0 Å². The van der Waals surface area contributed by atoms with Crippen LogP contribution in [0, 0.1) is 0 Å². The van der Waals surface area contributed by atoms with Crippen LogP contribution in [0.1, 0.15) is 21.7 Å². The molecular weight excluding hydrogens is 366 g/mol. The fourth-order valence-corrected chi connectivity index (χ4v) is 3.48. The van der Waals surface area contributed by atoms with Gasteiger partial charge in [-0.25, -0.2) is 15.0 Å². The van der Waals surface area contributed by atoms with E-state index in [9.17, 15) is 4.79 Å². The first kappa shape index (κ1) is 17.3. The standard InChI is InChI=1S/C21H19N7O/c29-21(23-8-6-16-12-22-13-25-16)17-10-18-19-15(7-9-28(18)27-17)11-24-20(26-19)14-4-2-1-3-5-14/h1-5,10-13H,6-9H2,(H,22,25)(H,23,29). The van der Waals surface area contributed by atoms with E-state index in [4.69, 9.17) is 4.98 Å². The lowest BCUT2D eigenvalue weighted by Crippen LogP contribution is -2.26. The topological polar surface area (TPSA) is 101 Å². The van der Waals surface area contributed by atoms with E-state index in [1.54, 1.807) is 6.33 Å². The van der Waals surface area contributed by atoms with Crippen LogP contribution in [0.3, 0.4) is 0 Å². The summed E-state index contributed by atoms with van der Waals surface area (Å²) in [4.78, 5) is 28.9. The number of H-pyrrole nitrogens is 1. The first-order chi connectivity index (χ1) is 14.3. The van der Waals surface area contributed by atoms with Crippen molar-refractivity contribution in [1.29, 1.82) is 0 Å². The van der Waals surface area contributed by atoms with Gasteiger partial charge < -0.3 is 10.3 Å². The van der Waals surface area contributed by atoms with Crippen molar-refractivity contribution in [1.82, 2.24) is 35.0 Å². The van der Waals surface area contributed by atoms with E-state index in [0.29, 0.717) is 31.0 Å². The number of imidazole rings is 1. The number of carbonyl (C=O) groups excluding carboxylic acids is 1. The molecule has 0 bridgehead atoms. The Hall–Kier alpha value is -3.81. The minimum absolute atomic E-state index is 0.193. The van der Waals surface area contributed by atoms with Gasteiger partial charge in [0.15, 0.2) is 11.5 Å². The molecule has 0 spiro atoms. The van der Waals surface area contributed by atoms with Gasteiger partial charge in [-0.15, -0.1) is 0 Å². The summed E-state index contributed by atoms with van der Waals surface area (Å²) < 4.78 is 1.85. The molecule has 2 N–H and O–H groups in total. The molecule has 8 nitrogen and oxygen atoms in total. The molecule has 0 saturated heterocycles. The number of aryl methyl sites for hydroxylation is 2. The van der Waals surface area contributed by atoms with Gasteiger partial charge in [-0.3, -0.25) is 9.48 Å². The van der Waals surface area contributed by atoms with Crippen molar-refractivity contribution in [3.8, 4) is 22.8 Å². The highest BCUT2D eigenvalue weighted by atomic mass is 16.1. The van der Waals surface area contributed by atoms with Gasteiger partial charge in [0.25, 0.3) is 5.91 Å². The molecule has 3 aromatic heterocycles. The molecule has 0 atom stereocenters. The number of aromatic nitrogens is 6. The molecule has 8 heteroatoms. The minimum atomic E-state index is -0.193. The monoisotopic (exact) mass is 385 g/mol. The summed E-state index contributed by atoms with van der Waals surface area (Å²) in [5, 5.41) is 7.40. The molecular formula is C21H19N7O. The number of nitrogens with zero attached hydrogens (tertiary/aromatic N) is 5. The number of rotatable bonds is 5. The summed E-state index contributed by atoms with van der Waals surface area (Å²) in [6.45, 7) is 1.21. The lowest BCUT2D eigenvalue weighted by molar-refractivity contribution is 0.0948. The highest BCUT2D eigenvalue weighted by Gasteiger charge is 2.23. The van der Waals surface area contributed by atoms with Crippen molar-refractivity contribution in [2.45, 2.75) is 19.4 Å². The molecule has 1 aromatic carbocycles. The number of nitrogens with one attached hydrogen (secondary N) is 2. The van der Waals surface area contributed by atoms with Crippen molar-refractivity contribution < 1.29 is 4.79 Å². The zero-order valence-corrected chi connectivity index (χ0v) is 15.7. The summed E-state index contributed by atoms with van der Waals surface area (Å²) >= 11 is 0. The first-order valence-corrected chi connectivity index (χ1v) is 9.53. The number of aromatic amines is 1. The van der Waals surface area contributed by atoms with Crippen LogP contribution in [0.5, 0.6) is 0 Å². The molecule has 5 rings (SSSR count). The van der Waals surface area contributed by atoms with E-state index in [-0.39, 0.29) is 5.91 Å². The summed E-state index contributed by atoms with van der Waals surface area (Å²) in [6.07, 6.45) is 6.79. The summed E-state index contributed by atoms with van der Waals surface area (Å²) in [5.74, 6) is 0.477. The van der Waals surface area contributed by atoms with Crippen molar-refractivity contribution in [3.05, 3.63) is 72.1 Å². The maximum atomic E-state index is 12.5. The van der Waals surface area contributed by atoms with E-state index >= 15 is 0 Å². The second kappa shape index (κ2) is 7.31. The van der Waals surface area contributed by atoms with Crippen LogP contribution in [0.4, 0.5) is 0 Å². The summed E-state index contributed by atoms with van der Waals surface area (Å²) in [6, 6.07) is 11.7. The second-order valence-electron chi connectivity index (χ2n) is 6.89. The van der Waals surface area contributed by atoms with E-state index < -0.39 is 0 Å². The molecule has 1 amide bonds. The van der Waals surface area contributed by atoms with Gasteiger partial charge in [-0.1, -0.05) is 30.3 Å². The number of hydrogen-bond acceptors (Lipinski definition) is 5. The van der Waals surface area contributed by atoms with Gasteiger partial charge in [-0.2, -0.15) is 5.10 Å². The molecule has 144 valence electrons. The average molecular weight is 385 g/mol. The largest absolute Gasteiger partial charge is 0.351 e. The Morgan fingerprint density at radius 2 is 2.10 bits per heavy atom. The highest BCUT2D eigenvalue weighted by Crippen LogP contribution is 2.29. The van der Waals surface area contributed by atoms with E-state index in [2.05, 4.69) is 25.4 Å². The van der Waals surface area contributed by atoms with E-state index in [1.165, 1.54) is 0 Å². The van der Waals surface area contributed by atoms with Crippen molar-refractivity contribution in [2.24, 2.45) is 0 Å². The Morgan fingerprint density at radius 1 is 1.21 bits per heavy atom. The van der Waals surface area contributed by atoms with Crippen molar-refractivity contribution >= 4 is 5.91 Å². The molecule has 1 aliphatic rings. The zero-order valence-electron chi connectivity index (χ0n) is 15.7. The predicted octanol–water partition coefficient (Wildman–Crippen LogP) is 2.26. The van der Waals surface area contributed by atoms with Crippen molar-refractivity contribution in [2.75, 3.05) is 6.54 Å². The summed E-state index contributed by atoms with van der Waals surface area (Å²) in [5.41, 5.74) is 5.03. The number of fused-ring (bicyclic) bond motifs is 3. The zero-order chi connectivity index (χ0) is 19.6. The van der Waals surface area contributed by atoms with Gasteiger partial charge in [-0.05, 0) is 12.5 Å². The Morgan fingerprint density at radius 3 is 2.93 bits per heavy atom. The van der Waals surface area contributed by atoms with E-state index in [1.807, 2.05) is 53.5 Å². The molecule has 29 heavy (non-hydrogen) atoms. The van der Waals surface area contributed by atoms with Gasteiger partial charge in [0.05, 0.1) is 23.4 Å². The highest BCUT2D eigenvalue weighted by molar-refractivity contribution is 5.93. The molecule has 0 saturated carbocycles. The quantitative estimate of drug-likeness (QED) is 0.549. The van der Waals surface area contributed by atoms with Crippen LogP contribution in [-0.4, -0.2) is 42.2 Å². The summed E-state index contributed by atoms with van der Waals surface area (Å²) in [7, 11) is 0. The Balaban J connectivity index is 1.38. The maximum absolute atomic E-state index is 12.5. The third-order valence-electron chi connectivity index (χ3n) is 4.97. The molecule has 0 radical (unpaired) electrons. The van der Waals surface area contributed by atoms with Gasteiger partial charge in [0, 0.05) is 43.0 Å². The lowest BCUT2D eigenvalue weighted by atomic mass is 10.1. The van der Waals surface area contributed by atoms with Crippen LogP contribution in [0.25, 0.3) is 22.8 Å². The average Bonchev–Trinajstić information content (AvgIpc) is 3.44. The normalized spacial score (nSPS) is 12.3. The lowest BCUT2D eigenvalue weighted by Gasteiger charge is -2.17. The van der Waals surface area contributed by atoms with Gasteiger partial charge in [0.1, 0.15) is 0 Å². The minimum Gasteiger partial charge on any atom is -0.351 e. The van der Waals surface area contributed by atoms with Crippen LogP contribution < -0.4 is 5.32 Å². The molecule has 0 unspecified atom stereocenters. The van der Waals surface area contributed by atoms with Crippen LogP contribution in [0.15, 0.2) is 55.1 Å². The number of benzene rings is 1. The molecule has 0 fully saturated rings. The van der Waals surface area contributed by atoms with Crippen LogP contribution >= 0.6 is 0 Å². The maximum Gasteiger partial charge on any atom is 0.271 e. The number of carbonyl (C=O) groups is 1. The Labute approximate surface area is 167 Å². The number of amides is 1. The second-order valence-corrected chi connectivity index (χ2v) is 6.89. The predicted molar refractivity (Wildman–Crippen MR) is 107 cm³/mol. The fraction of sp³-hybridized carbons (Fsp3) is 0.190. The third-order valence-corrected chi connectivity index (χ3v) is 4.97.